The van der Waals surface area contributed by atoms with Crippen molar-refractivity contribution in [3.8, 4) is 0 Å². The fourth-order valence-electron chi connectivity index (χ4n) is 3.07. The first kappa shape index (κ1) is 25.0. The summed E-state index contributed by atoms with van der Waals surface area (Å²) < 4.78 is 33.6. The van der Waals surface area contributed by atoms with Gasteiger partial charge in [0.05, 0.1) is 6.54 Å². The van der Waals surface area contributed by atoms with Crippen LogP contribution in [0.1, 0.15) is 18.1 Å². The van der Waals surface area contributed by atoms with Crippen molar-refractivity contribution in [3.05, 3.63) is 29.2 Å². The summed E-state index contributed by atoms with van der Waals surface area (Å²) in [6.07, 6.45) is 1.74. The molecule has 0 fully saturated rings. The number of ether oxygens (including phenoxy) is 1. The second-order valence-electron chi connectivity index (χ2n) is 6.70. The van der Waals surface area contributed by atoms with Gasteiger partial charge in [-0.15, -0.1) is 35.3 Å². The predicted molar refractivity (Wildman–Crippen MR) is 127 cm³/mol. The average Bonchev–Trinajstić information content (AvgIpc) is 3.37. The molecular formula is C17H28IN7O3S2. The summed E-state index contributed by atoms with van der Waals surface area (Å²) in [5.41, 5.74) is 0. The van der Waals surface area contributed by atoms with Crippen LogP contribution in [0.3, 0.4) is 0 Å². The van der Waals surface area contributed by atoms with E-state index in [2.05, 4.69) is 25.7 Å². The largest absolute Gasteiger partial charge is 0.377 e. The van der Waals surface area contributed by atoms with Gasteiger partial charge >= 0.3 is 0 Å². The molecule has 0 amide bonds. The Morgan fingerprint density at radius 2 is 2.30 bits per heavy atom. The number of guanidine groups is 1. The maximum Gasteiger partial charge on any atom is 0.252 e. The first-order chi connectivity index (χ1) is 13.9. The molecule has 0 radical (unpaired) electrons. The standard InChI is InChI=1S/C17H27N7O3S2.HI/c1-18-17(19-8-9-23(2)29(25,26)16-5-4-10-28-16)20-13-6-7-15-21-14(12-27-3)22-24(15)11-13;/h4-5,10,13H,6-9,11-12H2,1-3H3,(H2,18,19,20);1H. The lowest BCUT2D eigenvalue weighted by atomic mass is 10.1. The van der Waals surface area contributed by atoms with Crippen LogP contribution in [0.2, 0.25) is 0 Å². The molecule has 0 aliphatic carbocycles. The summed E-state index contributed by atoms with van der Waals surface area (Å²) in [4.78, 5) is 8.72. The van der Waals surface area contributed by atoms with Gasteiger partial charge in [0.15, 0.2) is 11.8 Å². The van der Waals surface area contributed by atoms with E-state index >= 15 is 0 Å². The molecule has 2 N–H and O–H groups in total. The summed E-state index contributed by atoms with van der Waals surface area (Å²) in [6, 6.07) is 3.51. The molecule has 1 unspecified atom stereocenters. The van der Waals surface area contributed by atoms with Gasteiger partial charge in [0.1, 0.15) is 16.6 Å². The number of nitrogens with one attached hydrogen (secondary N) is 2. The zero-order chi connectivity index (χ0) is 20.9. The minimum Gasteiger partial charge on any atom is -0.377 e. The van der Waals surface area contributed by atoms with E-state index in [1.54, 1.807) is 38.7 Å². The van der Waals surface area contributed by atoms with Crippen LogP contribution in [0.4, 0.5) is 0 Å². The summed E-state index contributed by atoms with van der Waals surface area (Å²) in [7, 11) is 1.46. The number of likely N-dealkylation sites (N-methyl/N-ethyl adjacent to an activating group) is 1. The Kier molecular flexibility index (Phi) is 9.46. The minimum atomic E-state index is -3.44. The van der Waals surface area contributed by atoms with Crippen molar-refractivity contribution in [1.82, 2.24) is 29.7 Å². The molecule has 0 aromatic carbocycles. The number of nitrogens with zero attached hydrogens (tertiary/aromatic N) is 5. The molecule has 2 aromatic rings. The summed E-state index contributed by atoms with van der Waals surface area (Å²) >= 11 is 1.22. The Bertz CT molecular complexity index is 931. The Morgan fingerprint density at radius 3 is 2.97 bits per heavy atom. The fourth-order valence-corrected chi connectivity index (χ4v) is 5.45. The molecule has 0 saturated carbocycles. The van der Waals surface area contributed by atoms with E-state index in [1.807, 2.05) is 4.68 Å². The van der Waals surface area contributed by atoms with Crippen LogP contribution in [-0.4, -0.2) is 73.8 Å². The van der Waals surface area contributed by atoms with Crippen molar-refractivity contribution in [1.29, 1.82) is 0 Å². The molecule has 3 heterocycles. The smallest absolute Gasteiger partial charge is 0.252 e. The highest BCUT2D eigenvalue weighted by molar-refractivity contribution is 14.0. The van der Waals surface area contributed by atoms with Gasteiger partial charge in [-0.05, 0) is 17.9 Å². The van der Waals surface area contributed by atoms with Crippen molar-refractivity contribution in [2.24, 2.45) is 4.99 Å². The molecule has 1 atom stereocenters. The number of aryl methyl sites for hydroxylation is 1. The van der Waals surface area contributed by atoms with Crippen molar-refractivity contribution in [2.75, 3.05) is 34.3 Å². The third-order valence-electron chi connectivity index (χ3n) is 4.62. The predicted octanol–water partition coefficient (Wildman–Crippen LogP) is 0.905. The summed E-state index contributed by atoms with van der Waals surface area (Å²) in [6.45, 7) is 1.88. The molecule has 0 spiro atoms. The number of fused-ring (bicyclic) bond motifs is 1. The average molecular weight is 569 g/mol. The van der Waals surface area contributed by atoms with Gasteiger partial charge in [0, 0.05) is 46.8 Å². The van der Waals surface area contributed by atoms with Gasteiger partial charge in [0.25, 0.3) is 10.0 Å². The fraction of sp³-hybridized carbons (Fsp3) is 0.588. The zero-order valence-electron chi connectivity index (χ0n) is 17.2. The Balaban J connectivity index is 0.00000320. The van der Waals surface area contributed by atoms with Crippen LogP contribution in [-0.2, 0) is 34.3 Å². The van der Waals surface area contributed by atoms with E-state index in [1.165, 1.54) is 15.6 Å². The van der Waals surface area contributed by atoms with Gasteiger partial charge in [-0.25, -0.2) is 18.1 Å². The number of aliphatic imine (C=N–C) groups is 1. The number of methoxy groups -OCH3 is 1. The molecule has 10 nitrogen and oxygen atoms in total. The SMILES string of the molecule is CN=C(NCCN(C)S(=O)(=O)c1cccs1)NC1CCc2nc(COC)nn2C1.I. The highest BCUT2D eigenvalue weighted by Gasteiger charge is 2.23. The lowest BCUT2D eigenvalue weighted by Crippen LogP contribution is -2.48. The van der Waals surface area contributed by atoms with Gasteiger partial charge in [0.2, 0.25) is 0 Å². The van der Waals surface area contributed by atoms with Crippen LogP contribution in [0.15, 0.2) is 26.7 Å². The second-order valence-corrected chi connectivity index (χ2v) is 9.92. The van der Waals surface area contributed by atoms with Crippen LogP contribution >= 0.6 is 35.3 Å². The van der Waals surface area contributed by atoms with E-state index in [0.717, 1.165) is 18.7 Å². The molecule has 2 aromatic heterocycles. The molecule has 0 bridgehead atoms. The van der Waals surface area contributed by atoms with E-state index in [9.17, 15) is 8.42 Å². The van der Waals surface area contributed by atoms with Crippen LogP contribution in [0.5, 0.6) is 0 Å². The Morgan fingerprint density at radius 1 is 1.50 bits per heavy atom. The van der Waals surface area contributed by atoms with Crippen molar-refractivity contribution in [3.63, 3.8) is 0 Å². The maximum absolute atomic E-state index is 12.5. The van der Waals surface area contributed by atoms with E-state index in [4.69, 9.17) is 4.74 Å². The van der Waals surface area contributed by atoms with Gasteiger partial charge < -0.3 is 15.4 Å². The van der Waals surface area contributed by atoms with Gasteiger partial charge in [-0.1, -0.05) is 6.07 Å². The lowest BCUT2D eigenvalue weighted by Gasteiger charge is -2.25. The lowest BCUT2D eigenvalue weighted by molar-refractivity contribution is 0.177. The molecular weight excluding hydrogens is 541 g/mol. The molecule has 1 aliphatic heterocycles. The third kappa shape index (κ3) is 6.12. The minimum absolute atomic E-state index is 0. The van der Waals surface area contributed by atoms with Crippen molar-refractivity contribution in [2.45, 2.75) is 36.2 Å². The first-order valence-corrected chi connectivity index (χ1v) is 11.6. The summed E-state index contributed by atoms with van der Waals surface area (Å²) in [5, 5.41) is 12.8. The number of hydrogen-bond donors (Lipinski definition) is 2. The third-order valence-corrected chi connectivity index (χ3v) is 7.85. The molecule has 168 valence electrons. The highest BCUT2D eigenvalue weighted by Crippen LogP contribution is 2.19. The highest BCUT2D eigenvalue weighted by atomic mass is 127. The van der Waals surface area contributed by atoms with Gasteiger partial charge in [-0.3, -0.25) is 4.99 Å². The number of thiophene rings is 1. The monoisotopic (exact) mass is 569 g/mol. The maximum atomic E-state index is 12.5. The van der Waals surface area contributed by atoms with Crippen LogP contribution in [0.25, 0.3) is 0 Å². The number of sulfonamides is 1. The molecule has 0 saturated heterocycles. The molecule has 3 rings (SSSR count). The van der Waals surface area contributed by atoms with Crippen LogP contribution in [0, 0.1) is 0 Å². The summed E-state index contributed by atoms with van der Waals surface area (Å²) in [5.74, 6) is 2.30. The quantitative estimate of drug-likeness (QED) is 0.276. The van der Waals surface area contributed by atoms with Crippen molar-refractivity contribution >= 4 is 51.3 Å². The number of aromatic nitrogens is 3. The van der Waals surface area contributed by atoms with Gasteiger partial charge in [-0.2, -0.15) is 9.40 Å². The molecule has 1 aliphatic rings. The number of halogens is 1. The van der Waals surface area contributed by atoms with E-state index in [-0.39, 0.29) is 30.0 Å². The number of hydrogen-bond acceptors (Lipinski definition) is 7. The molecule has 13 heteroatoms. The van der Waals surface area contributed by atoms with E-state index < -0.39 is 10.0 Å². The van der Waals surface area contributed by atoms with Crippen molar-refractivity contribution < 1.29 is 13.2 Å². The van der Waals surface area contributed by atoms with E-state index in [0.29, 0.717) is 42.2 Å². The second kappa shape index (κ2) is 11.4. The zero-order valence-corrected chi connectivity index (χ0v) is 21.2. The van der Waals surface area contributed by atoms with Crippen LogP contribution < -0.4 is 10.6 Å². The normalized spacial score (nSPS) is 16.8. The Labute approximate surface area is 198 Å². The number of rotatable bonds is 8. The molecule has 30 heavy (non-hydrogen) atoms. The first-order valence-electron chi connectivity index (χ1n) is 9.32. The topological polar surface area (TPSA) is 114 Å². The Hall–Kier alpha value is -1.29.